The van der Waals surface area contributed by atoms with Gasteiger partial charge in [-0.15, -0.1) is 0 Å². The van der Waals surface area contributed by atoms with Crippen molar-refractivity contribution in [2.75, 3.05) is 13.2 Å². The first-order chi connectivity index (χ1) is 33.0. The van der Waals surface area contributed by atoms with E-state index >= 15 is 0 Å². The molecule has 0 bridgehead atoms. The van der Waals surface area contributed by atoms with Gasteiger partial charge in [-0.05, 0) is 37.3 Å². The summed E-state index contributed by atoms with van der Waals surface area (Å²) in [5.41, 5.74) is 17.1. The van der Waals surface area contributed by atoms with Gasteiger partial charge < -0.3 is 75.1 Å². The van der Waals surface area contributed by atoms with E-state index in [2.05, 4.69) is 42.5 Å². The molecule has 2 aromatic carbocycles. The molecular weight excluding hydrogens is 919 g/mol. The fourth-order valence-corrected chi connectivity index (χ4v) is 6.52. The molecule has 25 heteroatoms. The predicted octanol–water partition coefficient (Wildman–Crippen LogP) is -5.03. The number of nitrogens with one attached hydrogen (secondary N) is 8. The largest absolute Gasteiger partial charge is 0.480 e. The fourth-order valence-electron chi connectivity index (χ4n) is 6.52. The van der Waals surface area contributed by atoms with Gasteiger partial charge in [0.1, 0.15) is 42.3 Å². The molecule has 0 aliphatic carbocycles. The maximum atomic E-state index is 14.0. The molecule has 0 fully saturated rings. The quantitative estimate of drug-likeness (QED) is 0.0349. The van der Waals surface area contributed by atoms with Crippen LogP contribution in [0.15, 0.2) is 60.7 Å². The summed E-state index contributed by atoms with van der Waals surface area (Å²) in [5.74, 6) is -11.3. The molecule has 25 nitrogen and oxygen atoms in total. The zero-order valence-electron chi connectivity index (χ0n) is 39.3. The Bertz CT molecular complexity index is 2150. The Balaban J connectivity index is 2.33. The Labute approximate surface area is 403 Å². The molecule has 0 saturated carbocycles. The lowest BCUT2D eigenvalue weighted by molar-refractivity contribution is -0.143. The molecule has 0 spiro atoms. The van der Waals surface area contributed by atoms with E-state index in [1.807, 2.05) is 0 Å². The minimum absolute atomic E-state index is 0.0953. The van der Waals surface area contributed by atoms with Gasteiger partial charge in [-0.3, -0.25) is 47.9 Å². The third-order valence-electron chi connectivity index (χ3n) is 10.7. The monoisotopic (exact) mass is 983 g/mol. The molecule has 0 aromatic heterocycles. The molecule has 70 heavy (non-hydrogen) atoms. The van der Waals surface area contributed by atoms with Gasteiger partial charge in [0, 0.05) is 19.3 Å². The molecular formula is C45H65N11O14. The summed E-state index contributed by atoms with van der Waals surface area (Å²) in [6.45, 7) is 4.08. The summed E-state index contributed by atoms with van der Waals surface area (Å²) in [5, 5.41) is 48.1. The summed E-state index contributed by atoms with van der Waals surface area (Å²) in [7, 11) is 0. The van der Waals surface area contributed by atoms with Gasteiger partial charge in [0.25, 0.3) is 0 Å². The van der Waals surface area contributed by atoms with Crippen molar-refractivity contribution >= 4 is 65.0 Å². The second-order valence-electron chi connectivity index (χ2n) is 16.5. The molecule has 10 atom stereocenters. The lowest BCUT2D eigenvalue weighted by Gasteiger charge is -2.28. The Morgan fingerprint density at radius 3 is 1.53 bits per heavy atom. The average Bonchev–Trinajstić information content (AvgIpc) is 3.31. The normalized spacial score (nSPS) is 15.2. The van der Waals surface area contributed by atoms with Gasteiger partial charge in [0.2, 0.25) is 59.1 Å². The van der Waals surface area contributed by atoms with Crippen LogP contribution in [0.3, 0.4) is 0 Å². The lowest BCUT2D eigenvalue weighted by Crippen LogP contribution is -2.60. The first-order valence-corrected chi connectivity index (χ1v) is 22.3. The second kappa shape index (κ2) is 29.4. The standard InChI is InChI=1S/C45H65N11O14/c1-5-23(2)36(44(68)54-32(22-57)45(69)70)55-42(66)31(19-27-14-10-7-11-15-27)52-38(62)24(3)50-41(65)30(18-26-12-8-6-9-13-26)53-40(64)29(16-17-33(47)59)51-35(61)21-49-43(67)37(25(4)58)56-39(63)28(46)20-34(48)60/h6-15,23-25,28-32,36-37,57-58H,5,16-22,46H2,1-4H3,(H2,47,59)(H2,48,60)(H,49,67)(H,50,65)(H,51,61)(H,52,62)(H,53,64)(H,54,68)(H,55,66)(H,56,63)(H,69,70)/t23-,24-,25+,28-,29-,30-,31-,32-,36-,37-/m0/s1. The van der Waals surface area contributed by atoms with Crippen LogP contribution in [0.2, 0.25) is 0 Å². The number of aliphatic hydroxyl groups excluding tert-OH is 2. The van der Waals surface area contributed by atoms with Crippen molar-refractivity contribution in [3.8, 4) is 0 Å². The molecule has 0 heterocycles. The molecule has 0 saturated heterocycles. The first kappa shape index (κ1) is 58.6. The van der Waals surface area contributed by atoms with E-state index < -0.39 is 151 Å². The van der Waals surface area contributed by atoms with Gasteiger partial charge in [0.05, 0.1) is 31.7 Å². The van der Waals surface area contributed by atoms with Gasteiger partial charge in [-0.25, -0.2) is 4.79 Å². The Hall–Kier alpha value is -7.51. The molecule has 0 aliphatic heterocycles. The van der Waals surface area contributed by atoms with E-state index in [0.717, 1.165) is 6.92 Å². The van der Waals surface area contributed by atoms with Crippen LogP contribution in [0.1, 0.15) is 64.5 Å². The Kier molecular flexibility index (Phi) is 24.6. The number of carbonyl (C=O) groups excluding carboxylic acids is 10. The number of carboxylic acids is 1. The van der Waals surface area contributed by atoms with E-state index in [-0.39, 0.29) is 19.3 Å². The number of aliphatic hydroxyl groups is 2. The highest BCUT2D eigenvalue weighted by atomic mass is 16.4. The van der Waals surface area contributed by atoms with E-state index in [4.69, 9.17) is 17.2 Å². The summed E-state index contributed by atoms with van der Waals surface area (Å²) in [4.78, 5) is 142. The minimum atomic E-state index is -1.65. The fraction of sp³-hybridized carbons (Fsp3) is 0.489. The summed E-state index contributed by atoms with van der Waals surface area (Å²) in [6, 6.07) is 5.06. The van der Waals surface area contributed by atoms with Crippen LogP contribution in [0, 0.1) is 5.92 Å². The minimum Gasteiger partial charge on any atom is -0.480 e. The molecule has 2 rings (SSSR count). The molecule has 0 aliphatic rings. The lowest BCUT2D eigenvalue weighted by atomic mass is 9.96. The number of nitrogens with two attached hydrogens (primary N) is 3. The second-order valence-corrected chi connectivity index (χ2v) is 16.5. The summed E-state index contributed by atoms with van der Waals surface area (Å²) >= 11 is 0. The number of aliphatic carboxylic acids is 1. The van der Waals surface area contributed by atoms with Crippen LogP contribution < -0.4 is 59.7 Å². The smallest absolute Gasteiger partial charge is 0.328 e. The third kappa shape index (κ3) is 20.4. The highest BCUT2D eigenvalue weighted by Gasteiger charge is 2.35. The Morgan fingerprint density at radius 2 is 1.06 bits per heavy atom. The topological polar surface area (TPSA) is 423 Å². The number of rotatable bonds is 30. The molecule has 17 N–H and O–H groups in total. The van der Waals surface area contributed by atoms with Crippen molar-refractivity contribution in [1.29, 1.82) is 0 Å². The maximum absolute atomic E-state index is 14.0. The molecule has 10 amide bonds. The van der Waals surface area contributed by atoms with Crippen LogP contribution in [0.5, 0.6) is 0 Å². The SMILES string of the molecule is CC[C@H](C)[C@H](NC(=O)[C@H](Cc1ccccc1)NC(=O)[C@H](C)NC(=O)[C@H](Cc1ccccc1)NC(=O)[C@H](CCC(N)=O)NC(=O)CNC(=O)[C@@H](NC(=O)[C@@H](N)CC(N)=O)[C@@H](C)O)C(=O)N[C@@H](CO)C(=O)O. The van der Waals surface area contributed by atoms with Crippen molar-refractivity contribution in [2.24, 2.45) is 23.1 Å². The van der Waals surface area contributed by atoms with Gasteiger partial charge >= 0.3 is 5.97 Å². The molecule has 0 unspecified atom stereocenters. The zero-order valence-corrected chi connectivity index (χ0v) is 39.3. The number of amides is 10. The van der Waals surface area contributed by atoms with E-state index in [9.17, 15) is 68.1 Å². The van der Waals surface area contributed by atoms with Crippen LogP contribution in [-0.2, 0) is 65.6 Å². The van der Waals surface area contributed by atoms with Crippen LogP contribution >= 0.6 is 0 Å². The number of carboxylic acid groups (broad SMARTS) is 1. The van der Waals surface area contributed by atoms with Crippen molar-refractivity contribution in [3.05, 3.63) is 71.8 Å². The van der Waals surface area contributed by atoms with E-state index in [1.54, 1.807) is 74.5 Å². The number of hydrogen-bond donors (Lipinski definition) is 14. The first-order valence-electron chi connectivity index (χ1n) is 22.3. The highest BCUT2D eigenvalue weighted by Crippen LogP contribution is 2.12. The maximum Gasteiger partial charge on any atom is 0.328 e. The molecule has 384 valence electrons. The van der Waals surface area contributed by atoms with Crippen molar-refractivity contribution in [1.82, 2.24) is 42.5 Å². The Morgan fingerprint density at radius 1 is 0.571 bits per heavy atom. The zero-order chi connectivity index (χ0) is 52.7. The van der Waals surface area contributed by atoms with Gasteiger partial charge in [-0.2, -0.15) is 0 Å². The van der Waals surface area contributed by atoms with Crippen molar-refractivity contribution in [2.45, 2.75) is 121 Å². The highest BCUT2D eigenvalue weighted by molar-refractivity contribution is 5.98. The number of benzene rings is 2. The van der Waals surface area contributed by atoms with Crippen LogP contribution in [0.4, 0.5) is 0 Å². The molecule has 2 aromatic rings. The van der Waals surface area contributed by atoms with E-state index in [0.29, 0.717) is 17.5 Å². The molecule has 0 radical (unpaired) electrons. The van der Waals surface area contributed by atoms with Gasteiger partial charge in [-0.1, -0.05) is 80.9 Å². The van der Waals surface area contributed by atoms with Gasteiger partial charge in [0.15, 0.2) is 0 Å². The average molecular weight is 984 g/mol. The summed E-state index contributed by atoms with van der Waals surface area (Å²) in [6.07, 6.45) is -2.78. The number of carbonyl (C=O) groups is 11. The number of primary amides is 2. The predicted molar refractivity (Wildman–Crippen MR) is 249 cm³/mol. The van der Waals surface area contributed by atoms with E-state index in [1.165, 1.54) is 6.92 Å². The summed E-state index contributed by atoms with van der Waals surface area (Å²) < 4.78 is 0. The third-order valence-corrected chi connectivity index (χ3v) is 10.7. The van der Waals surface area contributed by atoms with Crippen LogP contribution in [0.25, 0.3) is 0 Å². The van der Waals surface area contributed by atoms with Crippen molar-refractivity contribution in [3.63, 3.8) is 0 Å². The number of hydrogen-bond acceptors (Lipinski definition) is 14. The van der Waals surface area contributed by atoms with Crippen LogP contribution in [-0.4, -0.2) is 148 Å². The van der Waals surface area contributed by atoms with Crippen molar-refractivity contribution < 1.29 is 68.1 Å².